The predicted molar refractivity (Wildman–Crippen MR) is 155 cm³/mol. The average Bonchev–Trinajstić information content (AvgIpc) is 3.32. The van der Waals surface area contributed by atoms with E-state index in [0.29, 0.717) is 18.1 Å². The largest absolute Gasteiger partial charge is 0.480 e. The topological polar surface area (TPSA) is 116 Å². The standard InChI is InChI=1S/C27H27Cl2N2O5PS/c1-37(34,20-6-7-24-19(16-20)8-10-30-24)11-9-18-13-22(28)26(23(29)14-18)31-25(27(32)33)15-17-4-3-5-21(12-17)38(2,35)36/h3-8,10,12-14,16,25,30-31H,9,11,15H2,1-2H3,(H,32,33)/t25-,37?/m0/s1. The predicted octanol–water partition coefficient (Wildman–Crippen LogP) is 5.85. The molecule has 0 saturated heterocycles. The van der Waals surface area contributed by atoms with Crippen LogP contribution in [0, 0.1) is 0 Å². The van der Waals surface area contributed by atoms with Crippen LogP contribution in [0.4, 0.5) is 5.69 Å². The first kappa shape index (κ1) is 28.2. The second-order valence-corrected chi connectivity index (χ2v) is 15.4. The van der Waals surface area contributed by atoms with Crippen LogP contribution in [0.15, 0.2) is 71.8 Å². The minimum atomic E-state index is -3.43. The third-order valence-electron chi connectivity index (χ3n) is 6.40. The van der Waals surface area contributed by atoms with Gasteiger partial charge < -0.3 is 20.0 Å². The molecule has 0 saturated carbocycles. The minimum absolute atomic E-state index is 0.0115. The van der Waals surface area contributed by atoms with E-state index in [9.17, 15) is 22.9 Å². The maximum absolute atomic E-state index is 13.5. The Morgan fingerprint density at radius 3 is 2.42 bits per heavy atom. The lowest BCUT2D eigenvalue weighted by atomic mass is 10.1. The second kappa shape index (κ2) is 11.1. The number of hydrogen-bond acceptors (Lipinski definition) is 5. The van der Waals surface area contributed by atoms with Gasteiger partial charge in [0.25, 0.3) is 0 Å². The van der Waals surface area contributed by atoms with E-state index in [1.807, 2.05) is 30.5 Å². The van der Waals surface area contributed by atoms with Gasteiger partial charge in [0.15, 0.2) is 9.84 Å². The van der Waals surface area contributed by atoms with Crippen LogP contribution >= 0.6 is 30.3 Å². The van der Waals surface area contributed by atoms with Crippen molar-refractivity contribution in [3.63, 3.8) is 0 Å². The molecule has 0 radical (unpaired) electrons. The number of rotatable bonds is 10. The molecule has 1 heterocycles. The molecule has 0 bridgehead atoms. The Balaban J connectivity index is 1.49. The van der Waals surface area contributed by atoms with Gasteiger partial charge in [-0.15, -0.1) is 0 Å². The molecule has 2 atom stereocenters. The smallest absolute Gasteiger partial charge is 0.326 e. The normalized spacial score (nSPS) is 14.2. The number of fused-ring (bicyclic) bond motifs is 1. The van der Waals surface area contributed by atoms with Crippen LogP contribution in [0.1, 0.15) is 11.1 Å². The summed E-state index contributed by atoms with van der Waals surface area (Å²) in [5.41, 5.74) is 2.57. The summed E-state index contributed by atoms with van der Waals surface area (Å²) in [5.74, 6) is -1.14. The van der Waals surface area contributed by atoms with E-state index >= 15 is 0 Å². The summed E-state index contributed by atoms with van der Waals surface area (Å²) in [4.78, 5) is 15.2. The summed E-state index contributed by atoms with van der Waals surface area (Å²) in [6.07, 6.45) is 3.84. The third kappa shape index (κ3) is 6.62. The summed E-state index contributed by atoms with van der Waals surface area (Å²) >= 11 is 13.0. The highest BCUT2D eigenvalue weighted by atomic mass is 35.5. The molecule has 38 heavy (non-hydrogen) atoms. The van der Waals surface area contributed by atoms with Gasteiger partial charge in [0.05, 0.1) is 20.6 Å². The molecule has 1 unspecified atom stereocenters. The Bertz CT molecular complexity index is 1650. The average molecular weight is 593 g/mol. The first-order valence-corrected chi connectivity index (χ1v) is 16.7. The van der Waals surface area contributed by atoms with Crippen molar-refractivity contribution in [1.82, 2.24) is 4.98 Å². The van der Waals surface area contributed by atoms with E-state index < -0.39 is 29.0 Å². The van der Waals surface area contributed by atoms with Crippen LogP contribution < -0.4 is 10.6 Å². The number of carbonyl (C=O) groups is 1. The molecule has 3 aromatic carbocycles. The van der Waals surface area contributed by atoms with Crippen molar-refractivity contribution >= 4 is 68.0 Å². The van der Waals surface area contributed by atoms with Crippen molar-refractivity contribution in [3.8, 4) is 0 Å². The highest BCUT2D eigenvalue weighted by Crippen LogP contribution is 2.42. The Morgan fingerprint density at radius 2 is 1.76 bits per heavy atom. The quantitative estimate of drug-likeness (QED) is 0.199. The van der Waals surface area contributed by atoms with Gasteiger partial charge in [-0.3, -0.25) is 0 Å². The highest BCUT2D eigenvalue weighted by molar-refractivity contribution is 7.90. The lowest BCUT2D eigenvalue weighted by Crippen LogP contribution is -2.31. The number of anilines is 1. The molecule has 3 N–H and O–H groups in total. The van der Waals surface area contributed by atoms with E-state index in [4.69, 9.17) is 23.2 Å². The number of aliphatic carboxylic acids is 1. The molecule has 0 amide bonds. The molecule has 200 valence electrons. The maximum Gasteiger partial charge on any atom is 0.326 e. The Kier molecular flexibility index (Phi) is 8.29. The first-order chi connectivity index (χ1) is 17.8. The van der Waals surface area contributed by atoms with Gasteiger partial charge in [0.1, 0.15) is 13.2 Å². The van der Waals surface area contributed by atoms with Crippen molar-refractivity contribution < 1.29 is 22.9 Å². The lowest BCUT2D eigenvalue weighted by molar-refractivity contribution is -0.137. The highest BCUT2D eigenvalue weighted by Gasteiger charge is 2.23. The van der Waals surface area contributed by atoms with Gasteiger partial charge in [-0.05, 0) is 72.7 Å². The Labute approximate surface area is 231 Å². The molecule has 0 aliphatic heterocycles. The van der Waals surface area contributed by atoms with Gasteiger partial charge in [0, 0.05) is 41.2 Å². The summed E-state index contributed by atoms with van der Waals surface area (Å²) < 4.78 is 37.2. The van der Waals surface area contributed by atoms with Crippen LogP contribution in [0.25, 0.3) is 10.9 Å². The van der Waals surface area contributed by atoms with Crippen molar-refractivity contribution in [2.24, 2.45) is 0 Å². The number of sulfone groups is 1. The Hall–Kier alpha value is -2.77. The van der Waals surface area contributed by atoms with Crippen LogP contribution in [-0.2, 0) is 32.0 Å². The van der Waals surface area contributed by atoms with E-state index in [1.54, 1.807) is 30.9 Å². The number of carboxylic acid groups (broad SMARTS) is 1. The number of aromatic nitrogens is 1. The molecule has 4 aromatic rings. The second-order valence-electron chi connectivity index (χ2n) is 9.42. The molecule has 7 nitrogen and oxygen atoms in total. The van der Waals surface area contributed by atoms with Crippen LogP contribution in [0.3, 0.4) is 0 Å². The third-order valence-corrected chi connectivity index (χ3v) is 10.5. The van der Waals surface area contributed by atoms with Gasteiger partial charge >= 0.3 is 5.97 Å². The zero-order chi connectivity index (χ0) is 27.7. The molecule has 1 aromatic heterocycles. The van der Waals surface area contributed by atoms with E-state index in [-0.39, 0.29) is 27.0 Å². The fourth-order valence-corrected chi connectivity index (χ4v) is 7.31. The first-order valence-electron chi connectivity index (χ1n) is 11.7. The summed E-state index contributed by atoms with van der Waals surface area (Å²) in [6.45, 7) is 1.76. The van der Waals surface area contributed by atoms with Gasteiger partial charge in [-0.2, -0.15) is 0 Å². The molecule has 0 aliphatic carbocycles. The number of benzene rings is 3. The van der Waals surface area contributed by atoms with Crippen molar-refractivity contribution in [1.29, 1.82) is 0 Å². The van der Waals surface area contributed by atoms with Gasteiger partial charge in [-0.1, -0.05) is 35.3 Å². The molecular formula is C27H27Cl2N2O5PS. The zero-order valence-corrected chi connectivity index (χ0v) is 24.0. The van der Waals surface area contributed by atoms with Crippen LogP contribution in [0.5, 0.6) is 0 Å². The number of halogens is 2. The van der Waals surface area contributed by atoms with E-state index in [0.717, 1.165) is 28.0 Å². The molecule has 0 fully saturated rings. The number of carboxylic acids is 1. The lowest BCUT2D eigenvalue weighted by Gasteiger charge is -2.19. The number of hydrogen-bond donors (Lipinski definition) is 3. The van der Waals surface area contributed by atoms with E-state index in [1.165, 1.54) is 12.1 Å². The monoisotopic (exact) mass is 592 g/mol. The molecule has 0 aliphatic rings. The molecular weight excluding hydrogens is 566 g/mol. The molecule has 11 heteroatoms. The fourth-order valence-electron chi connectivity index (χ4n) is 4.23. The summed E-state index contributed by atoms with van der Waals surface area (Å²) in [5, 5.41) is 15.0. The fraction of sp³-hybridized carbons (Fsp3) is 0.222. The number of aryl methyl sites for hydroxylation is 1. The van der Waals surface area contributed by atoms with Gasteiger partial charge in [-0.25, -0.2) is 13.2 Å². The number of nitrogens with one attached hydrogen (secondary N) is 2. The minimum Gasteiger partial charge on any atom is -0.480 e. The summed E-state index contributed by atoms with van der Waals surface area (Å²) in [6, 6.07) is 16.1. The van der Waals surface area contributed by atoms with Gasteiger partial charge in [0.2, 0.25) is 0 Å². The van der Waals surface area contributed by atoms with Crippen LogP contribution in [0.2, 0.25) is 10.0 Å². The molecule has 0 spiro atoms. The SMILES string of the molecule is CP(=O)(CCc1cc(Cl)c(N[C@@H](Cc2cccc(S(C)(=O)=O)c2)C(=O)O)c(Cl)c1)c1ccc2[nH]ccc2c1. The Morgan fingerprint density at radius 1 is 1.05 bits per heavy atom. The van der Waals surface area contributed by atoms with Crippen molar-refractivity contribution in [2.45, 2.75) is 23.8 Å². The van der Waals surface area contributed by atoms with Crippen molar-refractivity contribution in [3.05, 3.63) is 88.0 Å². The molecule has 4 rings (SSSR count). The maximum atomic E-state index is 13.5. The summed E-state index contributed by atoms with van der Waals surface area (Å²) in [7, 11) is -6.09. The zero-order valence-electron chi connectivity index (χ0n) is 20.7. The number of aromatic amines is 1. The van der Waals surface area contributed by atoms with Crippen LogP contribution in [-0.4, -0.2) is 49.6 Å². The number of H-pyrrole nitrogens is 1. The van der Waals surface area contributed by atoms with E-state index in [2.05, 4.69) is 10.3 Å². The van der Waals surface area contributed by atoms with Crippen molar-refractivity contribution in [2.75, 3.05) is 24.4 Å².